The zero-order chi connectivity index (χ0) is 13.0. The molecule has 0 saturated carbocycles. The molecule has 0 atom stereocenters. The van der Waals surface area contributed by atoms with Crippen molar-refractivity contribution >= 4 is 0 Å². The molecule has 4 heteroatoms. The molecule has 2 aromatic rings. The third-order valence-corrected chi connectivity index (χ3v) is 2.65. The number of halogens is 1. The van der Waals surface area contributed by atoms with E-state index < -0.39 is 0 Å². The number of rotatable bonds is 5. The first-order chi connectivity index (χ1) is 8.70. The molecule has 0 amide bonds. The van der Waals surface area contributed by atoms with Crippen molar-refractivity contribution in [2.45, 2.75) is 20.1 Å². The number of nitrogens with one attached hydrogen (secondary N) is 1. The van der Waals surface area contributed by atoms with Crippen LogP contribution < -0.4 is 10.1 Å². The summed E-state index contributed by atoms with van der Waals surface area (Å²) in [6.07, 6.45) is 0. The molecule has 0 radical (unpaired) electrons. The lowest BCUT2D eigenvalue weighted by atomic mass is 10.2. The highest BCUT2D eigenvalue weighted by Crippen LogP contribution is 2.19. The Hall–Kier alpha value is -1.81. The van der Waals surface area contributed by atoms with E-state index in [0.717, 1.165) is 17.9 Å². The molecule has 0 unspecified atom stereocenters. The second-order valence-corrected chi connectivity index (χ2v) is 4.04. The minimum Gasteiger partial charge on any atom is -0.483 e. The number of furan rings is 1. The van der Waals surface area contributed by atoms with Gasteiger partial charge in [0, 0.05) is 12.1 Å². The molecule has 1 N–H and O–H groups in total. The fraction of sp³-hybridized carbons (Fsp3) is 0.286. The maximum Gasteiger partial charge on any atom is 0.165 e. The van der Waals surface area contributed by atoms with E-state index in [1.165, 1.54) is 6.07 Å². The summed E-state index contributed by atoms with van der Waals surface area (Å²) in [5.41, 5.74) is 1.09. The molecule has 0 aliphatic rings. The van der Waals surface area contributed by atoms with Crippen LogP contribution in [0.25, 0.3) is 0 Å². The highest BCUT2D eigenvalue weighted by atomic mass is 19.1. The average Bonchev–Trinajstić information content (AvgIpc) is 2.70. The van der Waals surface area contributed by atoms with Crippen LogP contribution >= 0.6 is 0 Å². The summed E-state index contributed by atoms with van der Waals surface area (Å²) < 4.78 is 24.3. The van der Waals surface area contributed by atoms with E-state index in [0.29, 0.717) is 5.76 Å². The monoisotopic (exact) mass is 249 g/mol. The molecule has 96 valence electrons. The van der Waals surface area contributed by atoms with E-state index in [2.05, 4.69) is 5.32 Å². The van der Waals surface area contributed by atoms with Crippen LogP contribution in [-0.2, 0) is 13.2 Å². The first-order valence-electron chi connectivity index (χ1n) is 5.81. The average molecular weight is 249 g/mol. The van der Waals surface area contributed by atoms with Crippen LogP contribution in [0.1, 0.15) is 17.1 Å². The van der Waals surface area contributed by atoms with Gasteiger partial charge in [0.15, 0.2) is 11.6 Å². The number of ether oxygens (including phenoxy) is 1. The van der Waals surface area contributed by atoms with Gasteiger partial charge in [0.05, 0.1) is 0 Å². The smallest absolute Gasteiger partial charge is 0.165 e. The SMILES string of the molecule is CNCc1cc(COc2ccccc2F)oc1C. The third kappa shape index (κ3) is 2.90. The van der Waals surface area contributed by atoms with Crippen LogP contribution in [0.15, 0.2) is 34.7 Å². The van der Waals surface area contributed by atoms with Gasteiger partial charge >= 0.3 is 0 Å². The molecule has 0 aliphatic carbocycles. The summed E-state index contributed by atoms with van der Waals surface area (Å²) >= 11 is 0. The lowest BCUT2D eigenvalue weighted by Gasteiger charge is -2.04. The molecular formula is C14H16FNO2. The van der Waals surface area contributed by atoms with Gasteiger partial charge in [-0.2, -0.15) is 0 Å². The van der Waals surface area contributed by atoms with Crippen LogP contribution in [0.4, 0.5) is 4.39 Å². The topological polar surface area (TPSA) is 34.4 Å². The summed E-state index contributed by atoms with van der Waals surface area (Å²) in [6.45, 7) is 2.87. The van der Waals surface area contributed by atoms with Crippen molar-refractivity contribution in [1.82, 2.24) is 5.32 Å². The van der Waals surface area contributed by atoms with Gasteiger partial charge < -0.3 is 14.5 Å². The zero-order valence-electron chi connectivity index (χ0n) is 10.5. The van der Waals surface area contributed by atoms with Gasteiger partial charge in [-0.1, -0.05) is 12.1 Å². The lowest BCUT2D eigenvalue weighted by molar-refractivity contribution is 0.256. The highest BCUT2D eigenvalue weighted by Gasteiger charge is 2.08. The fourth-order valence-corrected chi connectivity index (χ4v) is 1.74. The van der Waals surface area contributed by atoms with Gasteiger partial charge in [-0.15, -0.1) is 0 Å². The summed E-state index contributed by atoms with van der Waals surface area (Å²) in [5, 5.41) is 3.06. The molecule has 3 nitrogen and oxygen atoms in total. The molecule has 0 fully saturated rings. The summed E-state index contributed by atoms with van der Waals surface area (Å²) in [5.74, 6) is 1.43. The molecule has 0 aliphatic heterocycles. The Morgan fingerprint density at radius 2 is 2.11 bits per heavy atom. The number of hydrogen-bond donors (Lipinski definition) is 1. The van der Waals surface area contributed by atoms with Gasteiger partial charge in [-0.3, -0.25) is 0 Å². The zero-order valence-corrected chi connectivity index (χ0v) is 10.5. The Morgan fingerprint density at radius 3 is 2.83 bits per heavy atom. The van der Waals surface area contributed by atoms with Crippen molar-refractivity contribution < 1.29 is 13.5 Å². The number of benzene rings is 1. The molecule has 1 aromatic carbocycles. The third-order valence-electron chi connectivity index (χ3n) is 2.65. The Balaban J connectivity index is 2.02. The molecule has 2 rings (SSSR count). The van der Waals surface area contributed by atoms with Gasteiger partial charge in [0.1, 0.15) is 18.1 Å². The molecule has 0 spiro atoms. The van der Waals surface area contributed by atoms with Gasteiger partial charge in [0.25, 0.3) is 0 Å². The lowest BCUT2D eigenvalue weighted by Crippen LogP contribution is -2.04. The summed E-state index contributed by atoms with van der Waals surface area (Å²) in [7, 11) is 1.88. The standard InChI is InChI=1S/C14H16FNO2/c1-10-11(8-16-2)7-12(18-10)9-17-14-6-4-3-5-13(14)15/h3-7,16H,8-9H2,1-2H3. The van der Waals surface area contributed by atoms with Crippen LogP contribution in [0.5, 0.6) is 5.75 Å². The second kappa shape index (κ2) is 5.69. The number of aryl methyl sites for hydroxylation is 1. The Bertz CT molecular complexity index is 522. The molecule has 0 saturated heterocycles. The molecule has 18 heavy (non-hydrogen) atoms. The van der Waals surface area contributed by atoms with Crippen molar-refractivity contribution in [3.8, 4) is 5.75 Å². The predicted molar refractivity (Wildman–Crippen MR) is 66.9 cm³/mol. The van der Waals surface area contributed by atoms with Gasteiger partial charge in [0.2, 0.25) is 0 Å². The normalized spacial score (nSPS) is 10.6. The van der Waals surface area contributed by atoms with Crippen LogP contribution in [0.3, 0.4) is 0 Å². The van der Waals surface area contributed by atoms with Crippen molar-refractivity contribution in [1.29, 1.82) is 0 Å². The van der Waals surface area contributed by atoms with E-state index in [-0.39, 0.29) is 18.2 Å². The van der Waals surface area contributed by atoms with E-state index >= 15 is 0 Å². The maximum absolute atomic E-state index is 13.3. The van der Waals surface area contributed by atoms with Crippen LogP contribution in [0.2, 0.25) is 0 Å². The Morgan fingerprint density at radius 1 is 1.33 bits per heavy atom. The number of hydrogen-bond acceptors (Lipinski definition) is 3. The van der Waals surface area contributed by atoms with E-state index in [1.54, 1.807) is 18.2 Å². The van der Waals surface area contributed by atoms with Crippen LogP contribution in [-0.4, -0.2) is 7.05 Å². The second-order valence-electron chi connectivity index (χ2n) is 4.04. The fourth-order valence-electron chi connectivity index (χ4n) is 1.74. The molecule has 1 aromatic heterocycles. The first kappa shape index (κ1) is 12.6. The summed E-state index contributed by atoms with van der Waals surface area (Å²) in [4.78, 5) is 0. The maximum atomic E-state index is 13.3. The Labute approximate surface area is 106 Å². The van der Waals surface area contributed by atoms with Crippen molar-refractivity contribution in [2.24, 2.45) is 0 Å². The largest absolute Gasteiger partial charge is 0.483 e. The molecule has 1 heterocycles. The highest BCUT2D eigenvalue weighted by molar-refractivity contribution is 5.25. The minimum atomic E-state index is -0.365. The van der Waals surface area contributed by atoms with E-state index in [4.69, 9.17) is 9.15 Å². The quantitative estimate of drug-likeness (QED) is 0.884. The van der Waals surface area contributed by atoms with Crippen molar-refractivity contribution in [3.63, 3.8) is 0 Å². The van der Waals surface area contributed by atoms with Crippen molar-refractivity contribution in [3.05, 3.63) is 53.2 Å². The van der Waals surface area contributed by atoms with E-state index in [9.17, 15) is 4.39 Å². The van der Waals surface area contributed by atoms with Crippen molar-refractivity contribution in [2.75, 3.05) is 7.05 Å². The molecule has 0 bridgehead atoms. The minimum absolute atomic E-state index is 0.228. The van der Waals surface area contributed by atoms with Gasteiger partial charge in [-0.25, -0.2) is 4.39 Å². The van der Waals surface area contributed by atoms with E-state index in [1.807, 2.05) is 20.0 Å². The van der Waals surface area contributed by atoms with Crippen LogP contribution in [0, 0.1) is 12.7 Å². The van der Waals surface area contributed by atoms with Gasteiger partial charge in [-0.05, 0) is 32.2 Å². The Kier molecular flexibility index (Phi) is 3.99. The predicted octanol–water partition coefficient (Wildman–Crippen LogP) is 3.03. The number of para-hydroxylation sites is 1. The first-order valence-corrected chi connectivity index (χ1v) is 5.81. The molecular weight excluding hydrogens is 233 g/mol. The summed E-state index contributed by atoms with van der Waals surface area (Å²) in [6, 6.07) is 8.25.